The number of fused-ring (bicyclic) bond motifs is 2. The van der Waals surface area contributed by atoms with Crippen LogP contribution in [0.5, 0.6) is 0 Å². The van der Waals surface area contributed by atoms with Gasteiger partial charge in [0.25, 0.3) is 5.91 Å². The van der Waals surface area contributed by atoms with Crippen LogP contribution in [0.4, 0.5) is 11.4 Å². The summed E-state index contributed by atoms with van der Waals surface area (Å²) in [7, 11) is 0. The first-order valence-electron chi connectivity index (χ1n) is 12.5. The number of amides is 1. The lowest BCUT2D eigenvalue weighted by Crippen LogP contribution is -2.18. The van der Waals surface area contributed by atoms with Gasteiger partial charge in [-0.05, 0) is 56.5 Å². The van der Waals surface area contributed by atoms with E-state index in [0.29, 0.717) is 12.2 Å². The number of hydrogen-bond donors (Lipinski definition) is 1. The van der Waals surface area contributed by atoms with E-state index in [2.05, 4.69) is 39.2 Å². The lowest BCUT2D eigenvalue weighted by Gasteiger charge is -2.17. The molecule has 0 spiro atoms. The fraction of sp³-hybridized carbons (Fsp3) is 0.286. The molecule has 0 saturated carbocycles. The summed E-state index contributed by atoms with van der Waals surface area (Å²) < 4.78 is 3.82. The van der Waals surface area contributed by atoms with Gasteiger partial charge < -0.3 is 10.2 Å². The Labute approximate surface area is 209 Å². The minimum absolute atomic E-state index is 0.195. The van der Waals surface area contributed by atoms with Crippen molar-refractivity contribution in [2.75, 3.05) is 23.3 Å². The van der Waals surface area contributed by atoms with E-state index in [4.69, 9.17) is 5.10 Å². The highest BCUT2D eigenvalue weighted by atomic mass is 16.2. The molecule has 6 rings (SSSR count). The molecule has 1 aromatic carbocycles. The van der Waals surface area contributed by atoms with E-state index in [0.717, 1.165) is 64.5 Å². The van der Waals surface area contributed by atoms with E-state index in [-0.39, 0.29) is 5.91 Å². The third kappa shape index (κ3) is 3.98. The largest absolute Gasteiger partial charge is 0.371 e. The molecule has 0 radical (unpaired) electrons. The van der Waals surface area contributed by atoms with Crippen LogP contribution < -0.4 is 10.2 Å². The maximum Gasteiger partial charge on any atom is 0.274 e. The van der Waals surface area contributed by atoms with Crippen LogP contribution in [0.1, 0.15) is 47.3 Å². The molecule has 1 aliphatic heterocycles. The molecule has 1 amide bonds. The molecule has 1 aliphatic rings. The normalized spacial score (nSPS) is 13.7. The lowest BCUT2D eigenvalue weighted by atomic mass is 10.1. The molecule has 8 nitrogen and oxygen atoms in total. The van der Waals surface area contributed by atoms with Crippen LogP contribution in [0.2, 0.25) is 0 Å². The Balaban J connectivity index is 1.32. The van der Waals surface area contributed by atoms with Crippen molar-refractivity contribution in [2.45, 2.75) is 39.7 Å². The van der Waals surface area contributed by atoms with E-state index in [1.54, 1.807) is 6.20 Å². The number of nitrogens with one attached hydrogen (secondary N) is 1. The highest BCUT2D eigenvalue weighted by molar-refractivity contribution is 6.08. The first kappa shape index (κ1) is 22.3. The fourth-order valence-electron chi connectivity index (χ4n) is 5.12. The molecule has 0 unspecified atom stereocenters. The third-order valence-corrected chi connectivity index (χ3v) is 6.89. The van der Waals surface area contributed by atoms with Crippen molar-refractivity contribution in [2.24, 2.45) is 0 Å². The Hall–Kier alpha value is -4.20. The number of imidazole rings is 1. The van der Waals surface area contributed by atoms with Gasteiger partial charge in [0.15, 0.2) is 0 Å². The second kappa shape index (κ2) is 9.11. The molecule has 4 aromatic heterocycles. The number of benzene rings is 1. The van der Waals surface area contributed by atoms with E-state index in [9.17, 15) is 4.79 Å². The minimum atomic E-state index is -0.195. The van der Waals surface area contributed by atoms with E-state index < -0.39 is 0 Å². The first-order chi connectivity index (χ1) is 17.6. The summed E-state index contributed by atoms with van der Waals surface area (Å²) in [5.41, 5.74) is 7.04. The first-order valence-corrected chi connectivity index (χ1v) is 12.5. The topological polar surface area (TPSA) is 80.3 Å². The zero-order valence-electron chi connectivity index (χ0n) is 20.6. The standard InChI is InChI=1S/C28H29N7O/c1-3-22-27-23(10-7-11-24(27)35(32-22)18-20-9-6-8-19(2)30-20)31-28(36)25-17-29-26-16-21(12-15-34(25)26)33-13-4-5-14-33/h6-12,15-17H,3-5,13-14,18H2,1-2H3,(H,31,36). The van der Waals surface area contributed by atoms with Crippen LogP contribution in [0.15, 0.2) is 60.9 Å². The third-order valence-electron chi connectivity index (χ3n) is 6.89. The van der Waals surface area contributed by atoms with Crippen LogP contribution in [-0.4, -0.2) is 43.1 Å². The van der Waals surface area contributed by atoms with Crippen LogP contribution in [0.3, 0.4) is 0 Å². The van der Waals surface area contributed by atoms with Crippen molar-refractivity contribution in [3.63, 3.8) is 0 Å². The average Bonchev–Trinajstić information content (AvgIpc) is 3.63. The van der Waals surface area contributed by atoms with Gasteiger partial charge in [-0.1, -0.05) is 19.1 Å². The second-order valence-corrected chi connectivity index (χ2v) is 9.33. The van der Waals surface area contributed by atoms with Crippen LogP contribution in [-0.2, 0) is 13.0 Å². The molecule has 1 saturated heterocycles. The highest BCUT2D eigenvalue weighted by Gasteiger charge is 2.19. The predicted molar refractivity (Wildman–Crippen MR) is 142 cm³/mol. The van der Waals surface area contributed by atoms with Crippen molar-refractivity contribution in [3.8, 4) is 0 Å². The predicted octanol–water partition coefficient (Wildman–Crippen LogP) is 4.85. The monoisotopic (exact) mass is 479 g/mol. The maximum atomic E-state index is 13.4. The van der Waals surface area contributed by atoms with Gasteiger partial charge >= 0.3 is 0 Å². The number of nitrogens with zero attached hydrogens (tertiary/aromatic N) is 6. The zero-order chi connectivity index (χ0) is 24.6. The molecule has 1 N–H and O–H groups in total. The van der Waals surface area contributed by atoms with Crippen molar-refractivity contribution >= 4 is 33.8 Å². The molecular weight excluding hydrogens is 450 g/mol. The van der Waals surface area contributed by atoms with E-state index in [1.807, 2.05) is 58.6 Å². The molecule has 0 bridgehead atoms. The highest BCUT2D eigenvalue weighted by Crippen LogP contribution is 2.29. The zero-order valence-corrected chi connectivity index (χ0v) is 20.6. The molecule has 1 fully saturated rings. The smallest absolute Gasteiger partial charge is 0.274 e. The van der Waals surface area contributed by atoms with Gasteiger partial charge in [0.1, 0.15) is 11.3 Å². The molecule has 182 valence electrons. The number of anilines is 2. The lowest BCUT2D eigenvalue weighted by molar-refractivity contribution is 0.102. The summed E-state index contributed by atoms with van der Waals surface area (Å²) >= 11 is 0. The molecule has 0 aliphatic carbocycles. The summed E-state index contributed by atoms with van der Waals surface area (Å²) in [6.07, 6.45) is 6.78. The van der Waals surface area contributed by atoms with Crippen LogP contribution in [0, 0.1) is 6.92 Å². The Kier molecular flexibility index (Phi) is 5.64. The Bertz CT molecular complexity index is 1580. The molecule has 0 atom stereocenters. The summed E-state index contributed by atoms with van der Waals surface area (Å²) in [6, 6.07) is 16.1. The van der Waals surface area contributed by atoms with E-state index in [1.165, 1.54) is 12.8 Å². The summed E-state index contributed by atoms with van der Waals surface area (Å²) in [5.74, 6) is -0.195. The van der Waals surface area contributed by atoms with Crippen molar-refractivity contribution in [3.05, 3.63) is 83.7 Å². The minimum Gasteiger partial charge on any atom is -0.371 e. The van der Waals surface area contributed by atoms with Gasteiger partial charge in [-0.3, -0.25) is 18.9 Å². The number of carbonyl (C=O) groups excluding carboxylic acids is 1. The molecule has 8 heteroatoms. The van der Waals surface area contributed by atoms with Gasteiger partial charge in [-0.25, -0.2) is 4.98 Å². The van der Waals surface area contributed by atoms with Gasteiger partial charge in [0, 0.05) is 42.1 Å². The number of rotatable bonds is 6. The SMILES string of the molecule is CCc1nn(Cc2cccc(C)n2)c2cccc(NC(=O)c3cnc4cc(N5CCCC5)ccn34)c12. The van der Waals surface area contributed by atoms with Crippen molar-refractivity contribution < 1.29 is 4.79 Å². The Morgan fingerprint density at radius 3 is 2.72 bits per heavy atom. The van der Waals surface area contributed by atoms with Gasteiger partial charge in [-0.15, -0.1) is 0 Å². The summed E-state index contributed by atoms with van der Waals surface area (Å²) in [5, 5.41) is 8.96. The van der Waals surface area contributed by atoms with Gasteiger partial charge in [0.2, 0.25) is 0 Å². The molecule has 5 aromatic rings. The second-order valence-electron chi connectivity index (χ2n) is 9.33. The molecular formula is C28H29N7O. The number of aromatic nitrogens is 5. The van der Waals surface area contributed by atoms with Crippen LogP contribution >= 0.6 is 0 Å². The fourth-order valence-corrected chi connectivity index (χ4v) is 5.12. The number of carbonyl (C=O) groups is 1. The van der Waals surface area contributed by atoms with Gasteiger partial charge in [0.05, 0.1) is 35.3 Å². The van der Waals surface area contributed by atoms with Crippen molar-refractivity contribution in [1.82, 2.24) is 24.1 Å². The summed E-state index contributed by atoms with van der Waals surface area (Å²) in [6.45, 7) is 6.78. The van der Waals surface area contributed by atoms with Crippen LogP contribution in [0.25, 0.3) is 16.6 Å². The van der Waals surface area contributed by atoms with E-state index >= 15 is 0 Å². The average molecular weight is 480 g/mol. The number of hydrogen-bond acceptors (Lipinski definition) is 5. The number of pyridine rings is 2. The molecule has 36 heavy (non-hydrogen) atoms. The Morgan fingerprint density at radius 2 is 1.92 bits per heavy atom. The van der Waals surface area contributed by atoms with Gasteiger partial charge in [-0.2, -0.15) is 5.10 Å². The number of aryl methyl sites for hydroxylation is 2. The maximum absolute atomic E-state index is 13.4. The quantitative estimate of drug-likeness (QED) is 0.377. The summed E-state index contributed by atoms with van der Waals surface area (Å²) in [4.78, 5) is 24.9. The Morgan fingerprint density at radius 1 is 1.08 bits per heavy atom. The molecule has 5 heterocycles. The van der Waals surface area contributed by atoms with Crippen molar-refractivity contribution in [1.29, 1.82) is 0 Å².